The molecule has 1 aromatic heterocycles. The summed E-state index contributed by atoms with van der Waals surface area (Å²) in [5.41, 5.74) is 1.22. The lowest BCUT2D eigenvalue weighted by atomic mass is 10.2. The molecule has 0 fully saturated rings. The molecule has 1 atom stereocenters. The van der Waals surface area contributed by atoms with E-state index in [9.17, 15) is 13.2 Å². The van der Waals surface area contributed by atoms with Crippen LogP contribution in [0.1, 0.15) is 11.3 Å². The van der Waals surface area contributed by atoms with Crippen molar-refractivity contribution in [3.05, 3.63) is 44.6 Å². The van der Waals surface area contributed by atoms with Crippen LogP contribution in [0.3, 0.4) is 0 Å². The van der Waals surface area contributed by atoms with Crippen molar-refractivity contribution >= 4 is 44.3 Å². The van der Waals surface area contributed by atoms with E-state index >= 15 is 0 Å². The molecule has 1 heterocycles. The van der Waals surface area contributed by atoms with E-state index in [-0.39, 0.29) is 24.7 Å². The minimum Gasteiger partial charge on any atom is -0.497 e. The molecule has 0 radical (unpaired) electrons. The molecule has 29 heavy (non-hydrogen) atoms. The predicted molar refractivity (Wildman–Crippen MR) is 113 cm³/mol. The molecule has 0 saturated heterocycles. The molecule has 1 N–H and O–H groups in total. The maximum absolute atomic E-state index is 13.5. The second-order valence-corrected chi connectivity index (χ2v) is 7.44. The van der Waals surface area contributed by atoms with Crippen molar-refractivity contribution in [3.63, 3.8) is 0 Å². The Labute approximate surface area is 190 Å². The summed E-state index contributed by atoms with van der Waals surface area (Å²) in [6.07, 6.45) is -5.21. The van der Waals surface area contributed by atoms with Gasteiger partial charge in [-0.05, 0) is 44.8 Å². The maximum atomic E-state index is 13.5. The number of methoxy groups -OCH3 is 2. The number of aromatic nitrogens is 1. The summed E-state index contributed by atoms with van der Waals surface area (Å²) >= 11 is 6.41. The molecule has 0 saturated carbocycles. The van der Waals surface area contributed by atoms with Gasteiger partial charge in [0.05, 0.1) is 28.9 Å². The lowest BCUT2D eigenvalue weighted by Crippen LogP contribution is -2.43. The molecule has 162 valence electrons. The van der Waals surface area contributed by atoms with E-state index < -0.39 is 18.8 Å². The zero-order valence-corrected chi connectivity index (χ0v) is 19.8. The number of rotatable bonds is 8. The van der Waals surface area contributed by atoms with Gasteiger partial charge in [-0.25, -0.2) is 0 Å². The van der Waals surface area contributed by atoms with Crippen molar-refractivity contribution in [2.24, 2.45) is 0 Å². The molecule has 2 rings (SSSR count). The highest BCUT2D eigenvalue weighted by atomic mass is 79.9. The highest BCUT2D eigenvalue weighted by Crippen LogP contribution is 2.37. The first-order valence-corrected chi connectivity index (χ1v) is 9.71. The highest BCUT2D eigenvalue weighted by Gasteiger charge is 2.42. The fourth-order valence-corrected chi connectivity index (χ4v) is 3.42. The quantitative estimate of drug-likeness (QED) is 0.462. The number of aryl methyl sites for hydroxylation is 1. The van der Waals surface area contributed by atoms with Crippen LogP contribution in [-0.2, 0) is 6.54 Å². The molecule has 0 aliphatic rings. The molecule has 2 aromatic rings. The van der Waals surface area contributed by atoms with Gasteiger partial charge in [-0.15, -0.1) is 12.4 Å². The second-order valence-electron chi connectivity index (χ2n) is 5.79. The minimum absolute atomic E-state index is 0. The molecule has 0 aliphatic carbocycles. The number of pyridine rings is 1. The van der Waals surface area contributed by atoms with E-state index in [0.717, 1.165) is 0 Å². The summed E-state index contributed by atoms with van der Waals surface area (Å²) in [5, 5.41) is 2.78. The van der Waals surface area contributed by atoms with Crippen LogP contribution in [0.25, 0.3) is 0 Å². The highest BCUT2D eigenvalue weighted by molar-refractivity contribution is 9.11. The van der Waals surface area contributed by atoms with Crippen LogP contribution < -0.4 is 19.5 Å². The standard InChI is InChI=1S/C18H19Br2F3N2O3.ClH/c1-10-16(20)17(13(19)8-25-10)28-15(18(21,22)23)9-24-7-11-4-5-12(26-2)6-14(11)27-3;/h4-6,8,15,24H,7,9H2,1-3H3;1H. The molecule has 0 amide bonds. The van der Waals surface area contributed by atoms with Crippen LogP contribution in [0.2, 0.25) is 0 Å². The molecule has 0 bridgehead atoms. The lowest BCUT2D eigenvalue weighted by Gasteiger charge is -2.24. The fraction of sp³-hybridized carbons (Fsp3) is 0.389. The topological polar surface area (TPSA) is 52.6 Å². The normalized spacial score (nSPS) is 12.1. The first kappa shape index (κ1) is 25.8. The molecular formula is C18H20Br2ClF3N2O3. The molecular weight excluding hydrogens is 544 g/mol. The third-order valence-electron chi connectivity index (χ3n) is 3.87. The zero-order chi connectivity index (χ0) is 20.9. The Balaban J connectivity index is 0.00000420. The SMILES string of the molecule is COc1ccc(CNCC(Oc2c(Br)cnc(C)c2Br)C(F)(F)F)c(OC)c1.Cl. The van der Waals surface area contributed by atoms with E-state index in [2.05, 4.69) is 42.2 Å². The minimum atomic E-state index is -4.56. The number of alkyl halides is 3. The molecule has 0 aliphatic heterocycles. The molecule has 1 unspecified atom stereocenters. The Kier molecular flexibility index (Phi) is 10.0. The number of nitrogens with one attached hydrogen (secondary N) is 1. The van der Waals surface area contributed by atoms with E-state index in [1.807, 2.05) is 0 Å². The second kappa shape index (κ2) is 11.2. The summed E-state index contributed by atoms with van der Waals surface area (Å²) in [6, 6.07) is 5.11. The number of benzene rings is 1. The van der Waals surface area contributed by atoms with Gasteiger partial charge in [0.15, 0.2) is 5.75 Å². The van der Waals surface area contributed by atoms with Crippen LogP contribution in [0.5, 0.6) is 17.2 Å². The van der Waals surface area contributed by atoms with Gasteiger partial charge in [0, 0.05) is 30.9 Å². The van der Waals surface area contributed by atoms with Crippen LogP contribution in [0.15, 0.2) is 33.3 Å². The molecule has 0 spiro atoms. The van der Waals surface area contributed by atoms with Crippen molar-refractivity contribution in [1.82, 2.24) is 10.3 Å². The van der Waals surface area contributed by atoms with E-state index in [4.69, 9.17) is 14.2 Å². The Bertz CT molecular complexity index is 826. The van der Waals surface area contributed by atoms with Gasteiger partial charge in [0.25, 0.3) is 0 Å². The van der Waals surface area contributed by atoms with Crippen LogP contribution in [0, 0.1) is 6.92 Å². The van der Waals surface area contributed by atoms with Gasteiger partial charge in [-0.2, -0.15) is 13.2 Å². The summed E-state index contributed by atoms with van der Waals surface area (Å²) in [4.78, 5) is 4.05. The van der Waals surface area contributed by atoms with Gasteiger partial charge < -0.3 is 19.5 Å². The Hall–Kier alpha value is -1.23. The number of hydrogen-bond acceptors (Lipinski definition) is 5. The Morgan fingerprint density at radius 2 is 1.86 bits per heavy atom. The summed E-state index contributed by atoms with van der Waals surface area (Å²) in [6.45, 7) is 1.39. The summed E-state index contributed by atoms with van der Waals surface area (Å²) in [5.74, 6) is 1.17. The average Bonchev–Trinajstić information content (AvgIpc) is 2.65. The first-order chi connectivity index (χ1) is 13.2. The lowest BCUT2D eigenvalue weighted by molar-refractivity contribution is -0.193. The maximum Gasteiger partial charge on any atom is 0.426 e. The van der Waals surface area contributed by atoms with Gasteiger partial charge in [-0.3, -0.25) is 4.98 Å². The van der Waals surface area contributed by atoms with Crippen molar-refractivity contribution in [3.8, 4) is 17.2 Å². The largest absolute Gasteiger partial charge is 0.497 e. The monoisotopic (exact) mass is 562 g/mol. The predicted octanol–water partition coefficient (Wildman–Crippen LogP) is 5.45. The van der Waals surface area contributed by atoms with Gasteiger partial charge in [-0.1, -0.05) is 6.07 Å². The zero-order valence-electron chi connectivity index (χ0n) is 15.8. The first-order valence-electron chi connectivity index (χ1n) is 8.13. The van der Waals surface area contributed by atoms with Crippen molar-refractivity contribution in [2.75, 3.05) is 20.8 Å². The van der Waals surface area contributed by atoms with E-state index in [1.54, 1.807) is 25.1 Å². The van der Waals surface area contributed by atoms with Crippen molar-refractivity contribution in [1.29, 1.82) is 0 Å². The van der Waals surface area contributed by atoms with Crippen LogP contribution in [-0.4, -0.2) is 38.0 Å². The van der Waals surface area contributed by atoms with E-state index in [0.29, 0.717) is 31.7 Å². The summed E-state index contributed by atoms with van der Waals surface area (Å²) < 4.78 is 56.8. The van der Waals surface area contributed by atoms with Gasteiger partial charge >= 0.3 is 6.18 Å². The number of nitrogens with zero attached hydrogens (tertiary/aromatic N) is 1. The fourth-order valence-electron chi connectivity index (χ4n) is 2.35. The van der Waals surface area contributed by atoms with E-state index in [1.165, 1.54) is 20.4 Å². The van der Waals surface area contributed by atoms with Crippen molar-refractivity contribution in [2.45, 2.75) is 25.7 Å². The molecule has 1 aromatic carbocycles. The molecule has 11 heteroatoms. The van der Waals surface area contributed by atoms with Gasteiger partial charge in [0.1, 0.15) is 11.5 Å². The smallest absolute Gasteiger partial charge is 0.426 e. The summed E-state index contributed by atoms with van der Waals surface area (Å²) in [7, 11) is 3.01. The third kappa shape index (κ3) is 6.91. The number of hydrogen-bond donors (Lipinski definition) is 1. The Morgan fingerprint density at radius 3 is 2.45 bits per heavy atom. The Morgan fingerprint density at radius 1 is 1.17 bits per heavy atom. The number of halogens is 6. The van der Waals surface area contributed by atoms with Crippen LogP contribution in [0.4, 0.5) is 13.2 Å². The van der Waals surface area contributed by atoms with Crippen LogP contribution >= 0.6 is 44.3 Å². The number of ether oxygens (including phenoxy) is 3. The molecule has 5 nitrogen and oxygen atoms in total. The van der Waals surface area contributed by atoms with Gasteiger partial charge in [0.2, 0.25) is 6.10 Å². The third-order valence-corrected chi connectivity index (χ3v) is 5.37. The van der Waals surface area contributed by atoms with Crippen molar-refractivity contribution < 1.29 is 27.4 Å². The average molecular weight is 565 g/mol.